The number of benzene rings is 1. The lowest BCUT2D eigenvalue weighted by molar-refractivity contribution is -0.707. The van der Waals surface area contributed by atoms with Crippen molar-refractivity contribution in [3.8, 4) is 0 Å². The summed E-state index contributed by atoms with van der Waals surface area (Å²) in [5, 5.41) is 4.63. The molecule has 1 atom stereocenters. The molecule has 1 amide bonds. The first-order valence-electron chi connectivity index (χ1n) is 8.17. The molecular weight excluding hydrogens is 286 g/mol. The molecule has 0 spiro atoms. The van der Waals surface area contributed by atoms with Gasteiger partial charge in [0.2, 0.25) is 0 Å². The smallest absolute Gasteiger partial charge is 0.282 e. The Morgan fingerprint density at radius 1 is 1.18 bits per heavy atom. The van der Waals surface area contributed by atoms with Crippen LogP contribution in [0.2, 0.25) is 0 Å². The van der Waals surface area contributed by atoms with Gasteiger partial charge >= 0.3 is 0 Å². The molecule has 0 heterocycles. The van der Waals surface area contributed by atoms with Crippen molar-refractivity contribution in [2.24, 2.45) is 0 Å². The molecule has 122 valence electrons. The van der Waals surface area contributed by atoms with Gasteiger partial charge in [0.15, 0.2) is 6.04 Å². The molecule has 1 aromatic carbocycles. The molecule has 0 saturated heterocycles. The summed E-state index contributed by atoms with van der Waals surface area (Å²) in [5.41, 5.74) is 0.0318. The molecule has 1 saturated carbocycles. The largest absolute Gasteiger partial charge is 0.334 e. The first-order chi connectivity index (χ1) is 10.6. The molecule has 5 heteroatoms. The Balaban J connectivity index is 1.88. The Labute approximate surface area is 130 Å². The first-order valence-corrected chi connectivity index (χ1v) is 8.17. The van der Waals surface area contributed by atoms with Crippen LogP contribution >= 0.6 is 0 Å². The van der Waals surface area contributed by atoms with E-state index in [0.717, 1.165) is 25.0 Å². The van der Waals surface area contributed by atoms with E-state index in [1.54, 1.807) is 0 Å². The van der Waals surface area contributed by atoms with Crippen LogP contribution in [-0.4, -0.2) is 18.0 Å². The van der Waals surface area contributed by atoms with Crippen molar-refractivity contribution < 1.29 is 18.9 Å². The normalized spacial score (nSPS) is 18.3. The molecule has 1 fully saturated rings. The Hall–Kier alpha value is -1.49. The summed E-state index contributed by atoms with van der Waals surface area (Å²) >= 11 is 0. The maximum atomic E-state index is 13.6. The van der Waals surface area contributed by atoms with Gasteiger partial charge in [-0.2, -0.15) is 0 Å². The van der Waals surface area contributed by atoms with Crippen LogP contribution < -0.4 is 10.6 Å². The van der Waals surface area contributed by atoms with Crippen LogP contribution in [0, 0.1) is 11.6 Å². The van der Waals surface area contributed by atoms with Crippen LogP contribution in [0.5, 0.6) is 0 Å². The highest BCUT2D eigenvalue weighted by molar-refractivity contribution is 5.93. The molecule has 3 N–H and O–H groups in total. The molecule has 1 aliphatic carbocycles. The monoisotopic (exact) mass is 311 g/mol. The molecule has 0 aliphatic heterocycles. The van der Waals surface area contributed by atoms with Gasteiger partial charge in [-0.3, -0.25) is 4.79 Å². The average molecular weight is 311 g/mol. The summed E-state index contributed by atoms with van der Waals surface area (Å²) in [7, 11) is 0. The van der Waals surface area contributed by atoms with Gasteiger partial charge in [0.25, 0.3) is 5.91 Å². The maximum absolute atomic E-state index is 13.6. The SMILES string of the molecule is C[C@H]([NH2+]C1CCCCCCC1)C(=O)Nc1ccc(F)cc1F. The molecule has 0 aromatic heterocycles. The lowest BCUT2D eigenvalue weighted by Gasteiger charge is -2.21. The summed E-state index contributed by atoms with van der Waals surface area (Å²) in [4.78, 5) is 12.2. The number of quaternary nitrogens is 1. The van der Waals surface area contributed by atoms with Crippen molar-refractivity contribution >= 4 is 11.6 Å². The van der Waals surface area contributed by atoms with E-state index in [9.17, 15) is 13.6 Å². The van der Waals surface area contributed by atoms with Gasteiger partial charge in [0, 0.05) is 6.07 Å². The highest BCUT2D eigenvalue weighted by Gasteiger charge is 2.23. The number of amides is 1. The number of carbonyl (C=O) groups is 1. The number of nitrogens with two attached hydrogens (primary N) is 1. The molecule has 3 nitrogen and oxygen atoms in total. The van der Waals surface area contributed by atoms with E-state index < -0.39 is 11.6 Å². The van der Waals surface area contributed by atoms with E-state index in [1.165, 1.54) is 38.2 Å². The van der Waals surface area contributed by atoms with Crippen LogP contribution in [0.25, 0.3) is 0 Å². The minimum Gasteiger partial charge on any atom is -0.334 e. The van der Waals surface area contributed by atoms with Crippen molar-refractivity contribution in [3.05, 3.63) is 29.8 Å². The van der Waals surface area contributed by atoms with Crippen molar-refractivity contribution in [3.63, 3.8) is 0 Å². The molecule has 0 bridgehead atoms. The molecule has 0 unspecified atom stereocenters. The minimum atomic E-state index is -0.744. The highest BCUT2D eigenvalue weighted by Crippen LogP contribution is 2.16. The molecule has 22 heavy (non-hydrogen) atoms. The van der Waals surface area contributed by atoms with Gasteiger partial charge in [0.05, 0.1) is 11.7 Å². The standard InChI is InChI=1S/C17H24F2N2O/c1-12(20-14-7-5-3-2-4-6-8-14)17(22)21-16-10-9-13(18)11-15(16)19/h9-12,14,20H,2-8H2,1H3,(H,21,22)/p+1/t12-/m0/s1. The molecule has 1 aromatic rings. The van der Waals surface area contributed by atoms with E-state index in [2.05, 4.69) is 10.6 Å². The van der Waals surface area contributed by atoms with E-state index in [-0.39, 0.29) is 17.6 Å². The molecule has 1 aliphatic rings. The third-order valence-electron chi connectivity index (χ3n) is 4.31. The second-order valence-electron chi connectivity index (χ2n) is 6.20. The topological polar surface area (TPSA) is 45.7 Å². The summed E-state index contributed by atoms with van der Waals surface area (Å²) in [6, 6.07) is 3.35. The van der Waals surface area contributed by atoms with Gasteiger partial charge in [-0.25, -0.2) is 8.78 Å². The number of halogens is 2. The van der Waals surface area contributed by atoms with Crippen LogP contribution in [0.3, 0.4) is 0 Å². The minimum absolute atomic E-state index is 0.0318. The zero-order valence-corrected chi connectivity index (χ0v) is 13.1. The van der Waals surface area contributed by atoms with Gasteiger partial charge in [-0.05, 0) is 44.7 Å². The van der Waals surface area contributed by atoms with Gasteiger partial charge in [-0.1, -0.05) is 19.3 Å². The summed E-state index contributed by atoms with van der Waals surface area (Å²) in [6.07, 6.45) is 8.53. The van der Waals surface area contributed by atoms with E-state index >= 15 is 0 Å². The van der Waals surface area contributed by atoms with E-state index in [1.807, 2.05) is 6.92 Å². The second-order valence-corrected chi connectivity index (χ2v) is 6.20. The first kappa shape index (κ1) is 16.9. The molecule has 2 rings (SSSR count). The van der Waals surface area contributed by atoms with Crippen LogP contribution in [0.15, 0.2) is 18.2 Å². The fourth-order valence-electron chi connectivity index (χ4n) is 3.01. The van der Waals surface area contributed by atoms with Gasteiger partial charge in [-0.15, -0.1) is 0 Å². The summed E-state index contributed by atoms with van der Waals surface area (Å²) < 4.78 is 26.4. The highest BCUT2D eigenvalue weighted by atomic mass is 19.1. The van der Waals surface area contributed by atoms with Crippen LogP contribution in [0.4, 0.5) is 14.5 Å². The Bertz CT molecular complexity index is 499. The third-order valence-corrected chi connectivity index (χ3v) is 4.31. The van der Waals surface area contributed by atoms with Crippen LogP contribution in [-0.2, 0) is 4.79 Å². The van der Waals surface area contributed by atoms with E-state index in [4.69, 9.17) is 0 Å². The predicted molar refractivity (Wildman–Crippen MR) is 82.5 cm³/mol. The average Bonchev–Trinajstić information content (AvgIpc) is 2.44. The second kappa shape index (κ2) is 8.22. The molecule has 0 radical (unpaired) electrons. The zero-order chi connectivity index (χ0) is 15.9. The van der Waals surface area contributed by atoms with Crippen molar-refractivity contribution in [1.82, 2.24) is 0 Å². The van der Waals surface area contributed by atoms with Crippen molar-refractivity contribution in [1.29, 1.82) is 0 Å². The Morgan fingerprint density at radius 3 is 2.45 bits per heavy atom. The molecular formula is C17H25F2N2O+. The number of carbonyl (C=O) groups excluding carboxylic acids is 1. The van der Waals surface area contributed by atoms with Crippen molar-refractivity contribution in [2.75, 3.05) is 5.32 Å². The lowest BCUT2D eigenvalue weighted by Crippen LogP contribution is -2.96. The van der Waals surface area contributed by atoms with Crippen molar-refractivity contribution in [2.45, 2.75) is 64.0 Å². The number of nitrogens with one attached hydrogen (secondary N) is 1. The summed E-state index contributed by atoms with van der Waals surface area (Å²) in [5.74, 6) is -1.64. The Morgan fingerprint density at radius 2 is 1.82 bits per heavy atom. The maximum Gasteiger partial charge on any atom is 0.282 e. The number of rotatable bonds is 4. The predicted octanol–water partition coefficient (Wildman–Crippen LogP) is 2.97. The van der Waals surface area contributed by atoms with Crippen LogP contribution in [0.1, 0.15) is 51.9 Å². The Kier molecular flexibility index (Phi) is 6.31. The number of hydrogen-bond acceptors (Lipinski definition) is 1. The fraction of sp³-hybridized carbons (Fsp3) is 0.588. The van der Waals surface area contributed by atoms with Gasteiger partial charge < -0.3 is 10.6 Å². The van der Waals surface area contributed by atoms with E-state index in [0.29, 0.717) is 6.04 Å². The zero-order valence-electron chi connectivity index (χ0n) is 13.1. The third kappa shape index (κ3) is 5.05. The number of hydrogen-bond donors (Lipinski definition) is 2. The summed E-state index contributed by atoms with van der Waals surface area (Å²) in [6.45, 7) is 1.83. The lowest BCUT2D eigenvalue weighted by atomic mass is 9.96. The fourth-order valence-corrected chi connectivity index (χ4v) is 3.01. The quantitative estimate of drug-likeness (QED) is 0.882. The number of anilines is 1. The van der Waals surface area contributed by atoms with Gasteiger partial charge in [0.1, 0.15) is 11.6 Å².